The first-order valence-corrected chi connectivity index (χ1v) is 7.98. The molecule has 0 heterocycles. The summed E-state index contributed by atoms with van der Waals surface area (Å²) in [6, 6.07) is 5.72. The number of carbonyl (C=O) groups excluding carboxylic acids is 2. The van der Waals surface area contributed by atoms with Gasteiger partial charge in [0.1, 0.15) is 5.82 Å². The van der Waals surface area contributed by atoms with E-state index in [1.165, 1.54) is 11.0 Å². The number of nitrogens with one attached hydrogen (secondary N) is 2. The molecule has 126 valence electrons. The highest BCUT2D eigenvalue weighted by atomic mass is 19.1. The van der Waals surface area contributed by atoms with Gasteiger partial charge in [-0.05, 0) is 24.8 Å². The molecule has 2 N–H and O–H groups in total. The number of rotatable bonds is 5. The fraction of sp³-hybridized carbons (Fsp3) is 0.529. The van der Waals surface area contributed by atoms with Crippen molar-refractivity contribution < 1.29 is 14.0 Å². The maximum absolute atomic E-state index is 14.1. The van der Waals surface area contributed by atoms with E-state index >= 15 is 0 Å². The van der Waals surface area contributed by atoms with Gasteiger partial charge < -0.3 is 15.5 Å². The molecule has 1 saturated carbocycles. The van der Waals surface area contributed by atoms with Crippen molar-refractivity contribution in [1.82, 2.24) is 15.5 Å². The normalized spacial score (nSPS) is 16.0. The monoisotopic (exact) mass is 321 g/mol. The number of carbonyl (C=O) groups is 2. The lowest BCUT2D eigenvalue weighted by molar-refractivity contribution is -0.127. The Balaban J connectivity index is 2.05. The Kier molecular flexibility index (Phi) is 5.96. The first-order valence-electron chi connectivity index (χ1n) is 7.98. The van der Waals surface area contributed by atoms with E-state index in [-0.39, 0.29) is 30.2 Å². The minimum Gasteiger partial charge on any atom is -0.347 e. The summed E-state index contributed by atoms with van der Waals surface area (Å²) in [5, 5.41) is 5.39. The molecule has 0 saturated heterocycles. The second-order valence-electron chi connectivity index (χ2n) is 6.16. The van der Waals surface area contributed by atoms with Crippen molar-refractivity contribution in [3.05, 3.63) is 35.6 Å². The molecule has 1 aromatic rings. The molecule has 2 rings (SSSR count). The summed E-state index contributed by atoms with van der Waals surface area (Å²) in [5.41, 5.74) is 0.508. The summed E-state index contributed by atoms with van der Waals surface area (Å²) in [7, 11) is 3.26. The summed E-state index contributed by atoms with van der Waals surface area (Å²) < 4.78 is 14.1. The first kappa shape index (κ1) is 17.2. The fourth-order valence-electron chi connectivity index (χ4n) is 2.97. The van der Waals surface area contributed by atoms with E-state index < -0.39 is 6.03 Å². The van der Waals surface area contributed by atoms with Gasteiger partial charge in [0.05, 0.1) is 12.6 Å². The van der Waals surface area contributed by atoms with Crippen LogP contribution >= 0.6 is 0 Å². The number of hydrogen-bond acceptors (Lipinski definition) is 2. The molecule has 0 unspecified atom stereocenters. The summed E-state index contributed by atoms with van der Waals surface area (Å²) in [4.78, 5) is 25.1. The molecule has 0 radical (unpaired) electrons. The minimum absolute atomic E-state index is 0.0759. The summed E-state index contributed by atoms with van der Waals surface area (Å²) >= 11 is 0. The van der Waals surface area contributed by atoms with Crippen LogP contribution in [-0.2, 0) is 4.79 Å². The van der Waals surface area contributed by atoms with Gasteiger partial charge in [0.15, 0.2) is 0 Å². The van der Waals surface area contributed by atoms with Crippen LogP contribution in [0.25, 0.3) is 0 Å². The van der Waals surface area contributed by atoms with Crippen molar-refractivity contribution >= 4 is 11.9 Å². The SMILES string of the molecule is CN(C)C(=O)CNC(=O)N[C@H](c1ccccc1F)C1CCCC1. The van der Waals surface area contributed by atoms with Gasteiger partial charge in [0.25, 0.3) is 0 Å². The Labute approximate surface area is 136 Å². The fourth-order valence-corrected chi connectivity index (χ4v) is 2.97. The molecule has 3 amide bonds. The Morgan fingerprint density at radius 2 is 1.91 bits per heavy atom. The third kappa shape index (κ3) is 4.68. The number of urea groups is 1. The Bertz CT molecular complexity index is 557. The zero-order valence-electron chi connectivity index (χ0n) is 13.6. The smallest absolute Gasteiger partial charge is 0.315 e. The van der Waals surface area contributed by atoms with Crippen LogP contribution in [0.1, 0.15) is 37.3 Å². The zero-order valence-corrected chi connectivity index (χ0v) is 13.6. The third-order valence-corrected chi connectivity index (χ3v) is 4.30. The Hall–Kier alpha value is -2.11. The molecule has 1 aliphatic rings. The van der Waals surface area contributed by atoms with Crippen molar-refractivity contribution in [3.63, 3.8) is 0 Å². The highest BCUT2D eigenvalue weighted by Crippen LogP contribution is 2.36. The molecule has 0 bridgehead atoms. The number of halogens is 1. The maximum atomic E-state index is 14.1. The molecule has 1 atom stereocenters. The second kappa shape index (κ2) is 7.94. The summed E-state index contributed by atoms with van der Waals surface area (Å²) in [6.07, 6.45) is 4.13. The predicted molar refractivity (Wildman–Crippen MR) is 86.3 cm³/mol. The van der Waals surface area contributed by atoms with Crippen LogP contribution in [0.2, 0.25) is 0 Å². The van der Waals surface area contributed by atoms with Gasteiger partial charge in [-0.25, -0.2) is 9.18 Å². The summed E-state index contributed by atoms with van der Waals surface area (Å²) in [5.74, 6) is -0.278. The van der Waals surface area contributed by atoms with Crippen molar-refractivity contribution in [2.75, 3.05) is 20.6 Å². The van der Waals surface area contributed by atoms with Crippen LogP contribution in [0.3, 0.4) is 0 Å². The van der Waals surface area contributed by atoms with Crippen LogP contribution in [-0.4, -0.2) is 37.5 Å². The van der Waals surface area contributed by atoms with E-state index in [9.17, 15) is 14.0 Å². The predicted octanol–water partition coefficient (Wildman–Crippen LogP) is 2.44. The minimum atomic E-state index is -0.444. The van der Waals surface area contributed by atoms with Crippen LogP contribution in [0.5, 0.6) is 0 Å². The topological polar surface area (TPSA) is 61.4 Å². The van der Waals surface area contributed by atoms with Crippen LogP contribution in [0.15, 0.2) is 24.3 Å². The average molecular weight is 321 g/mol. The second-order valence-corrected chi connectivity index (χ2v) is 6.16. The van der Waals surface area contributed by atoms with Crippen molar-refractivity contribution in [1.29, 1.82) is 0 Å². The molecule has 0 aromatic heterocycles. The molecule has 0 aliphatic heterocycles. The Morgan fingerprint density at radius 1 is 1.26 bits per heavy atom. The van der Waals surface area contributed by atoms with E-state index in [2.05, 4.69) is 10.6 Å². The standard InChI is InChI=1S/C17H24FN3O2/c1-21(2)15(22)11-19-17(23)20-16(12-7-3-4-8-12)13-9-5-6-10-14(13)18/h5-6,9-10,12,16H,3-4,7-8,11H2,1-2H3,(H2,19,20,23)/t16-/m0/s1. The molecular formula is C17H24FN3O2. The van der Waals surface area contributed by atoms with Gasteiger partial charge in [0.2, 0.25) is 5.91 Å². The van der Waals surface area contributed by atoms with Gasteiger partial charge in [-0.2, -0.15) is 0 Å². The number of likely N-dealkylation sites (N-methyl/N-ethyl adjacent to an activating group) is 1. The van der Waals surface area contributed by atoms with E-state index in [0.717, 1.165) is 25.7 Å². The first-order chi connectivity index (χ1) is 11.0. The highest BCUT2D eigenvalue weighted by molar-refractivity contribution is 5.83. The van der Waals surface area contributed by atoms with Gasteiger partial charge in [-0.1, -0.05) is 31.0 Å². The van der Waals surface area contributed by atoms with Gasteiger partial charge in [0, 0.05) is 19.7 Å². The van der Waals surface area contributed by atoms with Crippen LogP contribution < -0.4 is 10.6 Å². The lowest BCUT2D eigenvalue weighted by atomic mass is 9.91. The molecule has 6 heteroatoms. The van der Waals surface area contributed by atoms with Crippen LogP contribution in [0, 0.1) is 11.7 Å². The molecular weight excluding hydrogens is 297 g/mol. The van der Waals surface area contributed by atoms with Gasteiger partial charge in [-0.15, -0.1) is 0 Å². The number of hydrogen-bond donors (Lipinski definition) is 2. The quantitative estimate of drug-likeness (QED) is 0.875. The van der Waals surface area contributed by atoms with Gasteiger partial charge in [-0.3, -0.25) is 4.79 Å². The zero-order chi connectivity index (χ0) is 16.8. The number of nitrogens with zero attached hydrogens (tertiary/aromatic N) is 1. The van der Waals surface area contributed by atoms with E-state index in [0.29, 0.717) is 5.56 Å². The van der Waals surface area contributed by atoms with E-state index in [4.69, 9.17) is 0 Å². The largest absolute Gasteiger partial charge is 0.347 e. The number of benzene rings is 1. The van der Waals surface area contributed by atoms with Crippen LogP contribution in [0.4, 0.5) is 9.18 Å². The van der Waals surface area contributed by atoms with Crippen molar-refractivity contribution in [3.8, 4) is 0 Å². The molecule has 1 fully saturated rings. The summed E-state index contributed by atoms with van der Waals surface area (Å²) in [6.45, 7) is -0.0759. The molecule has 5 nitrogen and oxygen atoms in total. The Morgan fingerprint density at radius 3 is 2.52 bits per heavy atom. The van der Waals surface area contributed by atoms with E-state index in [1.54, 1.807) is 32.3 Å². The lowest BCUT2D eigenvalue weighted by Gasteiger charge is -2.26. The molecule has 0 spiro atoms. The van der Waals surface area contributed by atoms with E-state index in [1.807, 2.05) is 0 Å². The average Bonchev–Trinajstić information content (AvgIpc) is 3.05. The van der Waals surface area contributed by atoms with Gasteiger partial charge >= 0.3 is 6.03 Å². The molecule has 1 aliphatic carbocycles. The van der Waals surface area contributed by atoms with Crippen molar-refractivity contribution in [2.45, 2.75) is 31.7 Å². The lowest BCUT2D eigenvalue weighted by Crippen LogP contribution is -2.44. The van der Waals surface area contributed by atoms with Crippen molar-refractivity contribution in [2.24, 2.45) is 5.92 Å². The molecule has 23 heavy (non-hydrogen) atoms. The maximum Gasteiger partial charge on any atom is 0.315 e. The highest BCUT2D eigenvalue weighted by Gasteiger charge is 2.29. The third-order valence-electron chi connectivity index (χ3n) is 4.30. The molecule has 1 aromatic carbocycles. The number of amides is 3.